The number of benzene rings is 1. The van der Waals surface area contributed by atoms with Crippen molar-refractivity contribution in [3.63, 3.8) is 0 Å². The molecule has 0 bridgehead atoms. The first kappa shape index (κ1) is 20.5. The number of amides is 1. The topological polar surface area (TPSA) is 51.5 Å². The van der Waals surface area contributed by atoms with Crippen LogP contribution in [0.25, 0.3) is 6.08 Å². The molecule has 0 unspecified atom stereocenters. The maximum atomic E-state index is 12.4. The van der Waals surface area contributed by atoms with Gasteiger partial charge in [-0.15, -0.1) is 0 Å². The number of aromatic nitrogens is 1. The maximum absolute atomic E-state index is 12.4. The highest BCUT2D eigenvalue weighted by molar-refractivity contribution is 6.06. The summed E-state index contributed by atoms with van der Waals surface area (Å²) in [6.07, 6.45) is 3.46. The molecular formula is C22H28N2O3. The number of ketones is 1. The molecule has 2 rings (SSSR count). The number of carbonyl (C=O) groups excluding carboxylic acids is 2. The third-order valence-electron chi connectivity index (χ3n) is 4.45. The van der Waals surface area contributed by atoms with Crippen LogP contribution in [-0.2, 0) is 4.79 Å². The Hall–Kier alpha value is -2.82. The molecular weight excluding hydrogens is 340 g/mol. The minimum absolute atomic E-state index is 0.0222. The van der Waals surface area contributed by atoms with Crippen molar-refractivity contribution in [2.45, 2.75) is 33.7 Å². The first-order valence-electron chi connectivity index (χ1n) is 9.04. The number of ether oxygens (including phenoxy) is 1. The number of allylic oxidation sites excluding steroid dienone is 1. The van der Waals surface area contributed by atoms with E-state index in [4.69, 9.17) is 4.74 Å². The number of likely N-dealkylation sites (N-methyl/N-ethyl adjacent to an activating group) is 1. The lowest BCUT2D eigenvalue weighted by Gasteiger charge is -2.13. The lowest BCUT2D eigenvalue weighted by molar-refractivity contribution is -0.130. The van der Waals surface area contributed by atoms with E-state index < -0.39 is 0 Å². The predicted octanol–water partition coefficient (Wildman–Crippen LogP) is 4.05. The van der Waals surface area contributed by atoms with Gasteiger partial charge in [0.2, 0.25) is 0 Å². The molecule has 0 aliphatic carbocycles. The lowest BCUT2D eigenvalue weighted by Crippen LogP contribution is -2.27. The largest absolute Gasteiger partial charge is 0.484 e. The molecule has 1 aromatic carbocycles. The molecule has 0 aliphatic heterocycles. The van der Waals surface area contributed by atoms with E-state index in [1.165, 1.54) is 10.6 Å². The van der Waals surface area contributed by atoms with E-state index in [0.717, 1.165) is 11.3 Å². The summed E-state index contributed by atoms with van der Waals surface area (Å²) in [7, 11) is 3.36. The SMILES string of the molecule is Cc1cc(/C=C/C(=O)c2ccc(OCC(=O)N(C)C)cc2)c(C)n1C(C)C. The summed E-state index contributed by atoms with van der Waals surface area (Å²) in [6, 6.07) is 9.30. The van der Waals surface area contributed by atoms with Gasteiger partial charge >= 0.3 is 0 Å². The summed E-state index contributed by atoms with van der Waals surface area (Å²) in [4.78, 5) is 25.4. The molecule has 144 valence electrons. The Morgan fingerprint density at radius 2 is 1.78 bits per heavy atom. The van der Waals surface area contributed by atoms with Crippen LogP contribution in [-0.4, -0.2) is 41.9 Å². The maximum Gasteiger partial charge on any atom is 0.259 e. The number of rotatable bonds is 7. The van der Waals surface area contributed by atoms with Gasteiger partial charge in [0, 0.05) is 37.1 Å². The van der Waals surface area contributed by atoms with Crippen molar-refractivity contribution < 1.29 is 14.3 Å². The second-order valence-electron chi connectivity index (χ2n) is 7.09. The van der Waals surface area contributed by atoms with E-state index in [1.807, 2.05) is 6.08 Å². The number of aryl methyl sites for hydroxylation is 1. The van der Waals surface area contributed by atoms with E-state index in [1.54, 1.807) is 44.4 Å². The second kappa shape index (κ2) is 8.71. The molecule has 2 aromatic rings. The van der Waals surface area contributed by atoms with E-state index in [0.29, 0.717) is 17.4 Å². The number of nitrogens with zero attached hydrogens (tertiary/aromatic N) is 2. The highest BCUT2D eigenvalue weighted by Crippen LogP contribution is 2.21. The molecule has 1 amide bonds. The molecule has 1 aromatic heterocycles. The molecule has 0 fully saturated rings. The molecule has 1 heterocycles. The van der Waals surface area contributed by atoms with Crippen molar-refractivity contribution in [3.8, 4) is 5.75 Å². The zero-order valence-electron chi connectivity index (χ0n) is 16.9. The fourth-order valence-electron chi connectivity index (χ4n) is 3.02. The third kappa shape index (κ3) is 5.09. The molecule has 0 saturated heterocycles. The van der Waals surface area contributed by atoms with Crippen LogP contribution in [0, 0.1) is 13.8 Å². The van der Waals surface area contributed by atoms with Crippen LogP contribution in [0.5, 0.6) is 5.75 Å². The van der Waals surface area contributed by atoms with Gasteiger partial charge < -0.3 is 14.2 Å². The zero-order valence-corrected chi connectivity index (χ0v) is 16.9. The molecule has 0 saturated carbocycles. The average Bonchev–Trinajstić information content (AvgIpc) is 2.91. The summed E-state index contributed by atoms with van der Waals surface area (Å²) < 4.78 is 7.68. The minimum atomic E-state index is -0.114. The first-order chi connectivity index (χ1) is 12.7. The highest BCUT2D eigenvalue weighted by Gasteiger charge is 2.10. The van der Waals surface area contributed by atoms with Gasteiger partial charge in [0.15, 0.2) is 12.4 Å². The van der Waals surface area contributed by atoms with Crippen molar-refractivity contribution in [3.05, 3.63) is 58.9 Å². The summed E-state index contributed by atoms with van der Waals surface area (Å²) in [6.45, 7) is 8.42. The number of hydrogen-bond donors (Lipinski definition) is 0. The molecule has 0 N–H and O–H groups in total. The van der Waals surface area contributed by atoms with Gasteiger partial charge in [0.25, 0.3) is 5.91 Å². The summed E-state index contributed by atoms with van der Waals surface area (Å²) in [5.74, 6) is 0.378. The highest BCUT2D eigenvalue weighted by atomic mass is 16.5. The van der Waals surface area contributed by atoms with E-state index in [2.05, 4.69) is 38.3 Å². The average molecular weight is 368 g/mol. The van der Waals surface area contributed by atoms with Crippen LogP contribution in [0.4, 0.5) is 0 Å². The van der Waals surface area contributed by atoms with Crippen molar-refractivity contribution in [1.82, 2.24) is 9.47 Å². The van der Waals surface area contributed by atoms with E-state index in [-0.39, 0.29) is 18.3 Å². The Bertz CT molecular complexity index is 843. The van der Waals surface area contributed by atoms with Crippen LogP contribution in [0.2, 0.25) is 0 Å². The van der Waals surface area contributed by atoms with E-state index in [9.17, 15) is 9.59 Å². The molecule has 0 radical (unpaired) electrons. The lowest BCUT2D eigenvalue weighted by atomic mass is 10.1. The van der Waals surface area contributed by atoms with Crippen molar-refractivity contribution in [2.75, 3.05) is 20.7 Å². The molecule has 0 aliphatic rings. The standard InChI is InChI=1S/C22H28N2O3/c1-15(2)24-16(3)13-19(17(24)4)9-12-21(25)18-7-10-20(11-8-18)27-14-22(26)23(5)6/h7-13,15H,14H2,1-6H3/b12-9+. The van der Waals surface area contributed by atoms with Crippen LogP contribution >= 0.6 is 0 Å². The van der Waals surface area contributed by atoms with Crippen LogP contribution in [0.3, 0.4) is 0 Å². The summed E-state index contributed by atoms with van der Waals surface area (Å²) >= 11 is 0. The van der Waals surface area contributed by atoms with E-state index >= 15 is 0 Å². The quantitative estimate of drug-likeness (QED) is 0.547. The molecule has 27 heavy (non-hydrogen) atoms. The predicted molar refractivity (Wildman–Crippen MR) is 108 cm³/mol. The smallest absolute Gasteiger partial charge is 0.259 e. The normalized spacial score (nSPS) is 11.2. The summed E-state index contributed by atoms with van der Waals surface area (Å²) in [5.41, 5.74) is 3.97. The molecule has 0 spiro atoms. The van der Waals surface area contributed by atoms with Crippen LogP contribution in [0.15, 0.2) is 36.4 Å². The Balaban J connectivity index is 2.05. The Labute approximate surface area is 161 Å². The van der Waals surface area contributed by atoms with Gasteiger partial charge in [-0.1, -0.05) is 0 Å². The van der Waals surface area contributed by atoms with Crippen LogP contribution < -0.4 is 4.74 Å². The van der Waals surface area contributed by atoms with Crippen molar-refractivity contribution in [2.24, 2.45) is 0 Å². The molecule has 5 heteroatoms. The Morgan fingerprint density at radius 1 is 1.15 bits per heavy atom. The summed E-state index contributed by atoms with van der Waals surface area (Å²) in [5, 5.41) is 0. The fraction of sp³-hybridized carbons (Fsp3) is 0.364. The van der Waals surface area contributed by atoms with Gasteiger partial charge in [-0.05, 0) is 75.7 Å². The van der Waals surface area contributed by atoms with Crippen molar-refractivity contribution in [1.29, 1.82) is 0 Å². The number of carbonyl (C=O) groups is 2. The van der Waals surface area contributed by atoms with Gasteiger partial charge in [-0.25, -0.2) is 0 Å². The first-order valence-corrected chi connectivity index (χ1v) is 9.04. The second-order valence-corrected chi connectivity index (χ2v) is 7.09. The Morgan fingerprint density at radius 3 is 2.30 bits per heavy atom. The fourth-order valence-corrected chi connectivity index (χ4v) is 3.02. The van der Waals surface area contributed by atoms with Crippen LogP contribution in [0.1, 0.15) is 47.2 Å². The minimum Gasteiger partial charge on any atom is -0.484 e. The molecule has 5 nitrogen and oxygen atoms in total. The monoisotopic (exact) mass is 368 g/mol. The van der Waals surface area contributed by atoms with Gasteiger partial charge in [-0.3, -0.25) is 9.59 Å². The third-order valence-corrected chi connectivity index (χ3v) is 4.45. The molecule has 0 atom stereocenters. The van der Waals surface area contributed by atoms with Gasteiger partial charge in [0.1, 0.15) is 5.75 Å². The number of hydrogen-bond acceptors (Lipinski definition) is 3. The van der Waals surface area contributed by atoms with Crippen molar-refractivity contribution >= 4 is 17.8 Å². The zero-order chi connectivity index (χ0) is 20.1. The Kier molecular flexibility index (Phi) is 6.61. The van der Waals surface area contributed by atoms with Gasteiger partial charge in [-0.2, -0.15) is 0 Å². The van der Waals surface area contributed by atoms with Gasteiger partial charge in [0.05, 0.1) is 0 Å².